The highest BCUT2D eigenvalue weighted by atomic mass is 32.2. The molecule has 1 amide bonds. The Morgan fingerprint density at radius 3 is 2.57 bits per heavy atom. The Bertz CT molecular complexity index is 850. The van der Waals surface area contributed by atoms with Crippen molar-refractivity contribution < 1.29 is 19.1 Å². The fraction of sp³-hybridized carbons (Fsp3) is 0.333. The van der Waals surface area contributed by atoms with E-state index in [1.165, 1.54) is 0 Å². The van der Waals surface area contributed by atoms with Gasteiger partial charge in [0.2, 0.25) is 0 Å². The van der Waals surface area contributed by atoms with E-state index in [-0.39, 0.29) is 19.1 Å². The SMILES string of the molecule is Cc1cccc(NC(=O)COC(=O)COc2ccccc2C2SCCS2)c1C. The zero-order valence-corrected chi connectivity index (χ0v) is 17.5. The molecule has 2 aromatic carbocycles. The third-order valence-corrected chi connectivity index (χ3v) is 7.45. The minimum atomic E-state index is -0.572. The molecule has 1 aliphatic rings. The Balaban J connectivity index is 1.47. The predicted octanol–water partition coefficient (Wildman–Crippen LogP) is 4.34. The minimum Gasteiger partial charge on any atom is -0.482 e. The Kier molecular flexibility index (Phi) is 7.28. The molecule has 0 unspecified atom stereocenters. The minimum absolute atomic E-state index is 0.226. The summed E-state index contributed by atoms with van der Waals surface area (Å²) in [6.45, 7) is 3.34. The molecule has 0 saturated carbocycles. The molecule has 148 valence electrons. The van der Waals surface area contributed by atoms with Gasteiger partial charge in [-0.2, -0.15) is 0 Å². The molecule has 7 heteroatoms. The van der Waals surface area contributed by atoms with Crippen molar-refractivity contribution >= 4 is 41.1 Å². The molecular weight excluding hydrogens is 394 g/mol. The highest BCUT2D eigenvalue weighted by Gasteiger charge is 2.22. The van der Waals surface area contributed by atoms with E-state index >= 15 is 0 Å². The number of carbonyl (C=O) groups excluding carboxylic acids is 2. The van der Waals surface area contributed by atoms with E-state index in [4.69, 9.17) is 9.47 Å². The number of amides is 1. The van der Waals surface area contributed by atoms with Crippen LogP contribution in [0.2, 0.25) is 0 Å². The van der Waals surface area contributed by atoms with Crippen LogP contribution in [0.3, 0.4) is 0 Å². The highest BCUT2D eigenvalue weighted by molar-refractivity contribution is 8.19. The van der Waals surface area contributed by atoms with E-state index in [9.17, 15) is 9.59 Å². The van der Waals surface area contributed by atoms with Crippen LogP contribution < -0.4 is 10.1 Å². The number of thioether (sulfide) groups is 2. The number of esters is 1. The Morgan fingerprint density at radius 1 is 1.04 bits per heavy atom. The number of carbonyl (C=O) groups is 2. The summed E-state index contributed by atoms with van der Waals surface area (Å²) in [6.07, 6.45) is 0. The van der Waals surface area contributed by atoms with Crippen LogP contribution in [-0.2, 0) is 14.3 Å². The second-order valence-corrected chi connectivity index (χ2v) is 9.08. The molecule has 2 aromatic rings. The smallest absolute Gasteiger partial charge is 0.344 e. The number of benzene rings is 2. The van der Waals surface area contributed by atoms with Crippen molar-refractivity contribution in [2.75, 3.05) is 30.0 Å². The summed E-state index contributed by atoms with van der Waals surface area (Å²) in [5.41, 5.74) is 3.87. The molecule has 0 bridgehead atoms. The number of ether oxygens (including phenoxy) is 2. The lowest BCUT2D eigenvalue weighted by atomic mass is 10.1. The molecule has 0 aromatic heterocycles. The van der Waals surface area contributed by atoms with Crippen LogP contribution in [0.5, 0.6) is 5.75 Å². The van der Waals surface area contributed by atoms with E-state index in [2.05, 4.69) is 5.32 Å². The Labute approximate surface area is 173 Å². The first-order chi connectivity index (χ1) is 13.5. The van der Waals surface area contributed by atoms with Crippen molar-refractivity contribution in [1.82, 2.24) is 0 Å². The summed E-state index contributed by atoms with van der Waals surface area (Å²) in [4.78, 5) is 24.0. The maximum Gasteiger partial charge on any atom is 0.344 e. The summed E-state index contributed by atoms with van der Waals surface area (Å²) >= 11 is 3.75. The van der Waals surface area contributed by atoms with Gasteiger partial charge in [-0.3, -0.25) is 4.79 Å². The Hall–Kier alpha value is -2.12. The summed E-state index contributed by atoms with van der Waals surface area (Å²) in [6, 6.07) is 13.4. The van der Waals surface area contributed by atoms with Gasteiger partial charge >= 0.3 is 5.97 Å². The second-order valence-electron chi connectivity index (χ2n) is 6.36. The number of para-hydroxylation sites is 1. The van der Waals surface area contributed by atoms with Gasteiger partial charge in [-0.1, -0.05) is 30.3 Å². The molecule has 5 nitrogen and oxygen atoms in total. The average Bonchev–Trinajstić information content (AvgIpc) is 3.23. The van der Waals surface area contributed by atoms with Crippen LogP contribution >= 0.6 is 23.5 Å². The number of hydrogen-bond acceptors (Lipinski definition) is 6. The van der Waals surface area contributed by atoms with Crippen LogP contribution in [0.1, 0.15) is 21.3 Å². The van der Waals surface area contributed by atoms with Crippen LogP contribution in [0, 0.1) is 13.8 Å². The maximum atomic E-state index is 12.0. The van der Waals surface area contributed by atoms with Crippen molar-refractivity contribution in [3.05, 3.63) is 59.2 Å². The first-order valence-corrected chi connectivity index (χ1v) is 11.1. The van der Waals surface area contributed by atoms with E-state index in [0.717, 1.165) is 33.9 Å². The van der Waals surface area contributed by atoms with E-state index < -0.39 is 5.97 Å². The van der Waals surface area contributed by atoms with Crippen LogP contribution in [0.15, 0.2) is 42.5 Å². The van der Waals surface area contributed by atoms with Crippen molar-refractivity contribution in [3.8, 4) is 5.75 Å². The van der Waals surface area contributed by atoms with Gasteiger partial charge in [0.25, 0.3) is 5.91 Å². The normalized spacial score (nSPS) is 13.9. The van der Waals surface area contributed by atoms with Crippen molar-refractivity contribution in [2.24, 2.45) is 0 Å². The molecule has 3 rings (SSSR count). The molecule has 0 atom stereocenters. The monoisotopic (exact) mass is 417 g/mol. The topological polar surface area (TPSA) is 64.6 Å². The Morgan fingerprint density at radius 2 is 1.79 bits per heavy atom. The second kappa shape index (κ2) is 9.89. The average molecular weight is 418 g/mol. The van der Waals surface area contributed by atoms with Crippen LogP contribution in [-0.4, -0.2) is 36.6 Å². The molecule has 1 N–H and O–H groups in total. The summed E-state index contributed by atoms with van der Waals surface area (Å²) in [5, 5.41) is 2.76. The molecule has 1 saturated heterocycles. The molecule has 1 heterocycles. The van der Waals surface area contributed by atoms with Crippen LogP contribution in [0.4, 0.5) is 5.69 Å². The number of rotatable bonds is 7. The van der Waals surface area contributed by atoms with Crippen molar-refractivity contribution in [1.29, 1.82) is 0 Å². The number of anilines is 1. The molecule has 0 spiro atoms. The summed E-state index contributed by atoms with van der Waals surface area (Å²) < 4.78 is 11.0. The van der Waals surface area contributed by atoms with Gasteiger partial charge < -0.3 is 14.8 Å². The molecule has 1 fully saturated rings. The van der Waals surface area contributed by atoms with Gasteiger partial charge in [-0.15, -0.1) is 23.5 Å². The largest absolute Gasteiger partial charge is 0.482 e. The van der Waals surface area contributed by atoms with Crippen LogP contribution in [0.25, 0.3) is 0 Å². The highest BCUT2D eigenvalue weighted by Crippen LogP contribution is 2.48. The van der Waals surface area contributed by atoms with Gasteiger partial charge in [0, 0.05) is 22.8 Å². The number of nitrogens with one attached hydrogen (secondary N) is 1. The standard InChI is InChI=1S/C21H23NO4S2/c1-14-6-5-8-17(15(14)2)22-19(23)12-26-20(24)13-25-18-9-4-3-7-16(18)21-27-10-11-28-21/h3-9,21H,10-13H2,1-2H3,(H,22,23). The first kappa shape index (κ1) is 20.6. The summed E-state index contributed by atoms with van der Waals surface area (Å²) in [7, 11) is 0. The zero-order valence-electron chi connectivity index (χ0n) is 15.9. The third-order valence-electron chi connectivity index (χ3n) is 4.38. The first-order valence-electron chi connectivity index (χ1n) is 9.01. The van der Waals surface area contributed by atoms with Crippen molar-refractivity contribution in [2.45, 2.75) is 18.4 Å². The van der Waals surface area contributed by atoms with E-state index in [1.807, 2.05) is 79.8 Å². The predicted molar refractivity (Wildman–Crippen MR) is 115 cm³/mol. The number of hydrogen-bond donors (Lipinski definition) is 1. The molecular formula is C21H23NO4S2. The molecule has 1 aliphatic heterocycles. The molecule has 0 radical (unpaired) electrons. The van der Waals surface area contributed by atoms with Gasteiger partial charge in [0.05, 0.1) is 4.58 Å². The summed E-state index contributed by atoms with van der Waals surface area (Å²) in [5.74, 6) is 1.97. The van der Waals surface area contributed by atoms with Gasteiger partial charge in [-0.25, -0.2) is 4.79 Å². The lowest BCUT2D eigenvalue weighted by Gasteiger charge is -2.15. The lowest BCUT2D eigenvalue weighted by molar-refractivity contribution is -0.149. The maximum absolute atomic E-state index is 12.0. The third kappa shape index (κ3) is 5.45. The van der Waals surface area contributed by atoms with E-state index in [1.54, 1.807) is 0 Å². The zero-order chi connectivity index (χ0) is 19.9. The lowest BCUT2D eigenvalue weighted by Crippen LogP contribution is -2.24. The molecule has 28 heavy (non-hydrogen) atoms. The van der Waals surface area contributed by atoms with Gasteiger partial charge in [0.15, 0.2) is 13.2 Å². The quantitative estimate of drug-likeness (QED) is 0.676. The van der Waals surface area contributed by atoms with Crippen molar-refractivity contribution in [3.63, 3.8) is 0 Å². The number of aryl methyl sites for hydroxylation is 1. The fourth-order valence-corrected chi connectivity index (χ4v) is 5.65. The van der Waals surface area contributed by atoms with Gasteiger partial charge in [0.1, 0.15) is 5.75 Å². The fourth-order valence-electron chi connectivity index (χ4n) is 2.74. The van der Waals surface area contributed by atoms with E-state index in [0.29, 0.717) is 10.3 Å². The molecule has 0 aliphatic carbocycles. The van der Waals surface area contributed by atoms with Gasteiger partial charge in [-0.05, 0) is 37.1 Å².